The number of benzene rings is 1. The molecule has 0 spiro atoms. The fourth-order valence-electron chi connectivity index (χ4n) is 1.98. The summed E-state index contributed by atoms with van der Waals surface area (Å²) in [5.41, 5.74) is 2.65. The zero-order chi connectivity index (χ0) is 14.2. The molecule has 2 aromatic rings. The van der Waals surface area contributed by atoms with Crippen LogP contribution in [0.4, 0.5) is 0 Å². The lowest BCUT2D eigenvalue weighted by Gasteiger charge is -2.06. The van der Waals surface area contributed by atoms with Gasteiger partial charge in [-0.1, -0.05) is 19.1 Å². The Labute approximate surface area is 123 Å². The summed E-state index contributed by atoms with van der Waals surface area (Å²) in [6, 6.07) is 12.0. The molecule has 0 aliphatic rings. The third-order valence-corrected chi connectivity index (χ3v) is 4.02. The van der Waals surface area contributed by atoms with Crippen LogP contribution in [0.25, 0.3) is 0 Å². The minimum atomic E-state index is 0.0930. The topological polar surface area (TPSA) is 45.0 Å². The molecule has 3 nitrogen and oxygen atoms in total. The van der Waals surface area contributed by atoms with E-state index in [0.29, 0.717) is 0 Å². The van der Waals surface area contributed by atoms with Gasteiger partial charge in [-0.25, -0.2) is 0 Å². The zero-order valence-electron chi connectivity index (χ0n) is 11.6. The highest BCUT2D eigenvalue weighted by Crippen LogP contribution is 2.17. The lowest BCUT2D eigenvalue weighted by atomic mass is 10.2. The Morgan fingerprint density at radius 3 is 2.70 bits per heavy atom. The average molecular weight is 286 g/mol. The third-order valence-electron chi connectivity index (χ3n) is 3.06. The Bertz CT molecular complexity index is 569. The molecule has 0 aliphatic heterocycles. The van der Waals surface area contributed by atoms with Gasteiger partial charge >= 0.3 is 0 Å². The first kappa shape index (κ1) is 14.6. The summed E-state index contributed by atoms with van der Waals surface area (Å²) in [5.74, 6) is 0.738. The first-order valence-electron chi connectivity index (χ1n) is 6.68. The number of aryl methyl sites for hydroxylation is 1. The van der Waals surface area contributed by atoms with Gasteiger partial charge in [0, 0.05) is 18.0 Å². The Kier molecular flexibility index (Phi) is 5.60. The summed E-state index contributed by atoms with van der Waals surface area (Å²) in [5, 5.41) is 14.1. The number of nitriles is 1. The number of ether oxygens (including phenoxy) is 1. The van der Waals surface area contributed by atoms with Gasteiger partial charge in [0.05, 0.1) is 0 Å². The van der Waals surface area contributed by atoms with Crippen LogP contribution in [0.15, 0.2) is 35.7 Å². The smallest absolute Gasteiger partial charge is 0.174 e. The van der Waals surface area contributed by atoms with Crippen molar-refractivity contribution < 1.29 is 4.74 Å². The summed E-state index contributed by atoms with van der Waals surface area (Å²) < 4.78 is 5.22. The van der Waals surface area contributed by atoms with E-state index in [9.17, 15) is 0 Å². The summed E-state index contributed by atoms with van der Waals surface area (Å²) >= 11 is 1.81. The van der Waals surface area contributed by atoms with E-state index in [1.165, 1.54) is 16.0 Å². The molecule has 0 saturated carbocycles. The number of nitrogens with one attached hydrogen (secondary N) is 1. The lowest BCUT2D eigenvalue weighted by molar-refractivity contribution is 0.368. The molecule has 0 atom stereocenters. The van der Waals surface area contributed by atoms with Crippen molar-refractivity contribution >= 4 is 11.3 Å². The molecule has 0 unspecified atom stereocenters. The van der Waals surface area contributed by atoms with Crippen LogP contribution in [0.5, 0.6) is 5.75 Å². The number of thiophene rings is 1. The maximum Gasteiger partial charge on any atom is 0.174 e. The van der Waals surface area contributed by atoms with E-state index in [-0.39, 0.29) is 6.61 Å². The molecule has 104 valence electrons. The fourth-order valence-corrected chi connectivity index (χ4v) is 2.92. The van der Waals surface area contributed by atoms with Crippen molar-refractivity contribution in [3.8, 4) is 11.8 Å². The van der Waals surface area contributed by atoms with Gasteiger partial charge in [0.1, 0.15) is 11.8 Å². The Morgan fingerprint density at radius 2 is 2.00 bits per heavy atom. The molecular formula is C16H18N2OS. The van der Waals surface area contributed by atoms with Crippen molar-refractivity contribution in [2.75, 3.05) is 6.61 Å². The number of hydrogen-bond acceptors (Lipinski definition) is 4. The Hall–Kier alpha value is -1.83. The van der Waals surface area contributed by atoms with Crippen LogP contribution in [0, 0.1) is 11.3 Å². The molecule has 1 heterocycles. The number of rotatable bonds is 7. The second-order valence-corrected chi connectivity index (χ2v) is 5.42. The second-order valence-electron chi connectivity index (χ2n) is 4.42. The SMILES string of the molecule is CCc1ccsc1CNCc1ccc(OCC#N)cc1. The van der Waals surface area contributed by atoms with Crippen LogP contribution in [-0.2, 0) is 19.5 Å². The van der Waals surface area contributed by atoms with Gasteiger partial charge in [-0.2, -0.15) is 5.26 Å². The summed E-state index contributed by atoms with van der Waals surface area (Å²) in [4.78, 5) is 1.42. The van der Waals surface area contributed by atoms with Gasteiger partial charge < -0.3 is 10.1 Å². The van der Waals surface area contributed by atoms with E-state index in [4.69, 9.17) is 10.00 Å². The van der Waals surface area contributed by atoms with E-state index >= 15 is 0 Å². The molecule has 1 aromatic carbocycles. The quantitative estimate of drug-likeness (QED) is 0.847. The normalized spacial score (nSPS) is 10.2. The van der Waals surface area contributed by atoms with Crippen LogP contribution in [0.2, 0.25) is 0 Å². The molecule has 2 rings (SSSR count). The zero-order valence-corrected chi connectivity index (χ0v) is 12.4. The highest BCUT2D eigenvalue weighted by Gasteiger charge is 2.02. The van der Waals surface area contributed by atoms with E-state index in [0.717, 1.165) is 25.3 Å². The Balaban J connectivity index is 1.81. The molecular weight excluding hydrogens is 268 g/mol. The van der Waals surface area contributed by atoms with Gasteiger partial charge in [0.25, 0.3) is 0 Å². The molecule has 0 saturated heterocycles. The molecule has 4 heteroatoms. The molecule has 1 N–H and O–H groups in total. The summed E-state index contributed by atoms with van der Waals surface area (Å²) in [6.07, 6.45) is 1.09. The summed E-state index contributed by atoms with van der Waals surface area (Å²) in [6.45, 7) is 4.02. The molecule has 0 fully saturated rings. The van der Waals surface area contributed by atoms with Crippen LogP contribution in [-0.4, -0.2) is 6.61 Å². The molecule has 0 bridgehead atoms. The molecule has 0 amide bonds. The van der Waals surface area contributed by atoms with Crippen LogP contribution >= 0.6 is 11.3 Å². The van der Waals surface area contributed by atoms with Gasteiger partial charge in [-0.3, -0.25) is 0 Å². The van der Waals surface area contributed by atoms with Crippen molar-refractivity contribution in [1.29, 1.82) is 5.26 Å². The standard InChI is InChI=1S/C16H18N2OS/c1-2-14-7-10-20-16(14)12-18-11-13-3-5-15(6-4-13)19-9-8-17/h3-7,10,18H,2,9,11-12H2,1H3. The lowest BCUT2D eigenvalue weighted by Crippen LogP contribution is -2.12. The van der Waals surface area contributed by atoms with Gasteiger partial charge in [-0.05, 0) is 41.1 Å². The maximum absolute atomic E-state index is 8.45. The highest BCUT2D eigenvalue weighted by molar-refractivity contribution is 7.10. The van der Waals surface area contributed by atoms with Crippen molar-refractivity contribution in [2.45, 2.75) is 26.4 Å². The molecule has 20 heavy (non-hydrogen) atoms. The molecule has 0 radical (unpaired) electrons. The van der Waals surface area contributed by atoms with Gasteiger partial charge in [-0.15, -0.1) is 11.3 Å². The predicted molar refractivity (Wildman–Crippen MR) is 81.8 cm³/mol. The minimum absolute atomic E-state index is 0.0930. The summed E-state index contributed by atoms with van der Waals surface area (Å²) in [7, 11) is 0. The minimum Gasteiger partial charge on any atom is -0.479 e. The fraction of sp³-hybridized carbons (Fsp3) is 0.312. The van der Waals surface area contributed by atoms with Crippen LogP contribution < -0.4 is 10.1 Å². The molecule has 1 aromatic heterocycles. The first-order chi connectivity index (χ1) is 9.83. The van der Waals surface area contributed by atoms with Crippen molar-refractivity contribution in [3.05, 3.63) is 51.7 Å². The van der Waals surface area contributed by atoms with E-state index < -0.39 is 0 Å². The van der Waals surface area contributed by atoms with Crippen molar-refractivity contribution in [1.82, 2.24) is 5.32 Å². The largest absolute Gasteiger partial charge is 0.479 e. The Morgan fingerprint density at radius 1 is 1.20 bits per heavy atom. The number of hydrogen-bond donors (Lipinski definition) is 1. The van der Waals surface area contributed by atoms with Crippen molar-refractivity contribution in [2.24, 2.45) is 0 Å². The van der Waals surface area contributed by atoms with Gasteiger partial charge in [0.15, 0.2) is 6.61 Å². The van der Waals surface area contributed by atoms with E-state index in [1.807, 2.05) is 41.7 Å². The van der Waals surface area contributed by atoms with E-state index in [1.54, 1.807) is 0 Å². The first-order valence-corrected chi connectivity index (χ1v) is 7.56. The highest BCUT2D eigenvalue weighted by atomic mass is 32.1. The van der Waals surface area contributed by atoms with Crippen LogP contribution in [0.1, 0.15) is 22.9 Å². The van der Waals surface area contributed by atoms with Crippen LogP contribution in [0.3, 0.4) is 0 Å². The number of nitrogens with zero attached hydrogens (tertiary/aromatic N) is 1. The maximum atomic E-state index is 8.45. The van der Waals surface area contributed by atoms with Gasteiger partial charge in [0.2, 0.25) is 0 Å². The second kappa shape index (κ2) is 7.68. The van der Waals surface area contributed by atoms with Crippen molar-refractivity contribution in [3.63, 3.8) is 0 Å². The third kappa shape index (κ3) is 4.09. The predicted octanol–water partition coefficient (Wildman–Crippen LogP) is 3.50. The monoisotopic (exact) mass is 286 g/mol. The van der Waals surface area contributed by atoms with E-state index in [2.05, 4.69) is 23.7 Å². The molecule has 0 aliphatic carbocycles. The average Bonchev–Trinajstić information content (AvgIpc) is 2.94.